The first-order valence-electron chi connectivity index (χ1n) is 9.81. The van der Waals surface area contributed by atoms with Gasteiger partial charge >= 0.3 is 0 Å². The Bertz CT molecular complexity index is 1100. The molecule has 0 heterocycles. The fourth-order valence-corrected chi connectivity index (χ4v) is 3.25. The van der Waals surface area contributed by atoms with E-state index in [2.05, 4.69) is 5.32 Å². The highest BCUT2D eigenvalue weighted by Gasteiger charge is 2.18. The lowest BCUT2D eigenvalue weighted by molar-refractivity contribution is -0.117. The van der Waals surface area contributed by atoms with Crippen LogP contribution >= 0.6 is 0 Å². The average Bonchev–Trinajstić information content (AvgIpc) is 2.69. The van der Waals surface area contributed by atoms with Crippen molar-refractivity contribution in [3.05, 3.63) is 65.0 Å². The Morgan fingerprint density at radius 3 is 2.31 bits per heavy atom. The van der Waals surface area contributed by atoms with Crippen LogP contribution in [0.4, 0.5) is 18.9 Å². The highest BCUT2D eigenvalue weighted by molar-refractivity contribution is 7.92. The summed E-state index contributed by atoms with van der Waals surface area (Å²) in [6, 6.07) is 5.02. The molecule has 0 saturated carbocycles. The third kappa shape index (κ3) is 7.30. The summed E-state index contributed by atoms with van der Waals surface area (Å²) in [5.74, 6) is -2.97. The van der Waals surface area contributed by atoms with E-state index in [9.17, 15) is 26.4 Å². The molecule has 0 aliphatic rings. The van der Waals surface area contributed by atoms with Gasteiger partial charge in [-0.1, -0.05) is 6.92 Å². The second-order valence-corrected chi connectivity index (χ2v) is 9.06. The summed E-state index contributed by atoms with van der Waals surface area (Å²) in [4.78, 5) is 12.3. The molecule has 0 spiro atoms. The van der Waals surface area contributed by atoms with Gasteiger partial charge in [0.15, 0.2) is 11.6 Å². The third-order valence-corrected chi connectivity index (χ3v) is 5.08. The molecule has 6 nitrogen and oxygen atoms in total. The Labute approximate surface area is 185 Å². The molecule has 174 valence electrons. The lowest BCUT2D eigenvalue weighted by Crippen LogP contribution is -2.25. The molecule has 32 heavy (non-hydrogen) atoms. The maximum Gasteiger partial charge on any atom is 0.244 e. The van der Waals surface area contributed by atoms with E-state index in [1.54, 1.807) is 4.72 Å². The normalized spacial score (nSPS) is 13.6. The van der Waals surface area contributed by atoms with Gasteiger partial charge in [-0.2, -0.15) is 0 Å². The smallest absolute Gasteiger partial charge is 0.244 e. The van der Waals surface area contributed by atoms with Gasteiger partial charge in [0, 0.05) is 17.7 Å². The van der Waals surface area contributed by atoms with E-state index >= 15 is 0 Å². The van der Waals surface area contributed by atoms with Gasteiger partial charge in [0.25, 0.3) is 0 Å². The summed E-state index contributed by atoms with van der Waals surface area (Å²) >= 11 is 0. The highest BCUT2D eigenvalue weighted by Crippen LogP contribution is 2.26. The number of nitrogens with one attached hydrogen (secondary N) is 2. The fourth-order valence-electron chi connectivity index (χ4n) is 2.68. The Morgan fingerprint density at radius 1 is 1.12 bits per heavy atom. The number of rotatable bonds is 9. The SMILES string of the molecule is CCC(C)Oc1cc(F)ccc1C=CC(=O)N[C@H](C)c1cc(F)c(NS(C)(=O)=O)c(F)c1. The predicted octanol–water partition coefficient (Wildman–Crippen LogP) is 4.54. The topological polar surface area (TPSA) is 84.5 Å². The Hall–Kier alpha value is -3.01. The number of halogens is 3. The van der Waals surface area contributed by atoms with Crippen molar-refractivity contribution in [2.75, 3.05) is 11.0 Å². The zero-order valence-corrected chi connectivity index (χ0v) is 18.9. The number of hydrogen-bond donors (Lipinski definition) is 2. The maximum absolute atomic E-state index is 14.2. The largest absolute Gasteiger partial charge is 0.490 e. The van der Waals surface area contributed by atoms with Crippen molar-refractivity contribution in [3.63, 3.8) is 0 Å². The van der Waals surface area contributed by atoms with Crippen molar-refractivity contribution in [2.45, 2.75) is 39.3 Å². The molecule has 0 saturated heterocycles. The van der Waals surface area contributed by atoms with E-state index in [1.807, 2.05) is 13.8 Å². The van der Waals surface area contributed by atoms with Crippen LogP contribution in [-0.2, 0) is 14.8 Å². The monoisotopic (exact) mass is 470 g/mol. The minimum atomic E-state index is -3.87. The molecule has 0 aliphatic carbocycles. The second kappa shape index (κ2) is 10.5. The number of ether oxygens (including phenoxy) is 1. The molecule has 1 unspecified atom stereocenters. The van der Waals surface area contributed by atoms with Crippen molar-refractivity contribution in [2.24, 2.45) is 0 Å². The van der Waals surface area contributed by atoms with Crippen LogP contribution in [0.15, 0.2) is 36.4 Å². The molecule has 10 heteroatoms. The Balaban J connectivity index is 2.14. The third-order valence-electron chi connectivity index (χ3n) is 4.50. The quantitative estimate of drug-likeness (QED) is 0.527. The number of amides is 1. The number of carbonyl (C=O) groups excluding carboxylic acids is 1. The van der Waals surface area contributed by atoms with E-state index in [4.69, 9.17) is 4.74 Å². The number of anilines is 1. The first-order valence-corrected chi connectivity index (χ1v) is 11.7. The Kier molecular flexibility index (Phi) is 8.31. The van der Waals surface area contributed by atoms with Gasteiger partial charge in [0.05, 0.1) is 18.4 Å². The average molecular weight is 471 g/mol. The summed E-state index contributed by atoms with van der Waals surface area (Å²) in [6.45, 7) is 5.27. The van der Waals surface area contributed by atoms with Crippen LogP contribution in [0.1, 0.15) is 44.4 Å². The van der Waals surface area contributed by atoms with Crippen LogP contribution in [0.3, 0.4) is 0 Å². The maximum atomic E-state index is 14.2. The van der Waals surface area contributed by atoms with Crippen molar-refractivity contribution >= 4 is 27.7 Å². The first kappa shape index (κ1) is 25.3. The molecule has 2 rings (SSSR count). The van der Waals surface area contributed by atoms with Gasteiger partial charge in [-0.25, -0.2) is 21.6 Å². The zero-order valence-electron chi connectivity index (χ0n) is 18.1. The van der Waals surface area contributed by atoms with Crippen LogP contribution in [0.5, 0.6) is 5.75 Å². The summed E-state index contributed by atoms with van der Waals surface area (Å²) in [5.41, 5.74) is -0.203. The summed E-state index contributed by atoms with van der Waals surface area (Å²) < 4.78 is 71.9. The molecule has 1 amide bonds. The van der Waals surface area contributed by atoms with E-state index in [0.717, 1.165) is 18.4 Å². The highest BCUT2D eigenvalue weighted by atomic mass is 32.2. The summed E-state index contributed by atoms with van der Waals surface area (Å²) in [5, 5.41) is 2.56. The van der Waals surface area contributed by atoms with Crippen molar-refractivity contribution in [1.82, 2.24) is 5.32 Å². The molecule has 2 aromatic carbocycles. The van der Waals surface area contributed by atoms with Gasteiger partial charge < -0.3 is 10.1 Å². The van der Waals surface area contributed by atoms with Crippen LogP contribution in [0.2, 0.25) is 0 Å². The minimum absolute atomic E-state index is 0.100. The molecule has 0 aliphatic heterocycles. The van der Waals surface area contributed by atoms with E-state index < -0.39 is 45.1 Å². The van der Waals surface area contributed by atoms with E-state index in [-0.39, 0.29) is 17.4 Å². The van der Waals surface area contributed by atoms with E-state index in [0.29, 0.717) is 12.0 Å². The van der Waals surface area contributed by atoms with Crippen molar-refractivity contribution in [3.8, 4) is 5.75 Å². The molecule has 2 N–H and O–H groups in total. The van der Waals surface area contributed by atoms with Gasteiger partial charge in [0.1, 0.15) is 17.3 Å². The molecule has 2 aromatic rings. The number of carbonyl (C=O) groups is 1. The van der Waals surface area contributed by atoms with Gasteiger partial charge in [0.2, 0.25) is 15.9 Å². The molecule has 0 radical (unpaired) electrons. The van der Waals surface area contributed by atoms with E-state index in [1.165, 1.54) is 37.3 Å². The van der Waals surface area contributed by atoms with Crippen molar-refractivity contribution in [1.29, 1.82) is 0 Å². The van der Waals surface area contributed by atoms with Crippen molar-refractivity contribution < 1.29 is 31.1 Å². The summed E-state index contributed by atoms with van der Waals surface area (Å²) in [6.07, 6.45) is 3.97. The number of hydrogen-bond acceptors (Lipinski definition) is 4. The molecule has 2 atom stereocenters. The Morgan fingerprint density at radius 2 is 1.75 bits per heavy atom. The number of benzene rings is 2. The standard InChI is InChI=1S/C22H25F3N2O4S/c1-5-13(2)31-20-12-17(23)8-6-15(20)7-9-21(28)26-14(3)16-10-18(24)22(19(25)11-16)27-32(4,29)30/h6-14,27H,5H2,1-4H3,(H,26,28)/t13?,14-/m1/s1. The van der Waals surface area contributed by atoms with Crippen LogP contribution in [-0.4, -0.2) is 26.7 Å². The van der Waals surface area contributed by atoms with Gasteiger partial charge in [-0.15, -0.1) is 0 Å². The zero-order chi connectivity index (χ0) is 24.1. The fraction of sp³-hybridized carbons (Fsp3) is 0.318. The predicted molar refractivity (Wildman–Crippen MR) is 117 cm³/mol. The molecular formula is C22H25F3N2O4S. The molecular weight excluding hydrogens is 445 g/mol. The summed E-state index contributed by atoms with van der Waals surface area (Å²) in [7, 11) is -3.87. The van der Waals surface area contributed by atoms with Gasteiger partial charge in [-0.3, -0.25) is 9.52 Å². The molecule has 0 aromatic heterocycles. The molecule has 0 fully saturated rings. The van der Waals surface area contributed by atoms with Crippen LogP contribution < -0.4 is 14.8 Å². The van der Waals surface area contributed by atoms with Crippen LogP contribution in [0.25, 0.3) is 6.08 Å². The molecule has 0 bridgehead atoms. The second-order valence-electron chi connectivity index (χ2n) is 7.32. The minimum Gasteiger partial charge on any atom is -0.490 e. The first-order chi connectivity index (χ1) is 14.9. The lowest BCUT2D eigenvalue weighted by Gasteiger charge is -2.16. The lowest BCUT2D eigenvalue weighted by atomic mass is 10.1. The van der Waals surface area contributed by atoms with Crippen LogP contribution in [0, 0.1) is 17.5 Å². The number of sulfonamides is 1. The van der Waals surface area contributed by atoms with Gasteiger partial charge in [-0.05, 0) is 56.2 Å².